The largest absolute Gasteiger partial charge is 0.519 e. The molecule has 0 heterocycles. The zero-order chi connectivity index (χ0) is 33.6. The summed E-state index contributed by atoms with van der Waals surface area (Å²) in [6, 6.07) is 22.3. The van der Waals surface area contributed by atoms with Gasteiger partial charge in [-0.25, -0.2) is 4.79 Å². The van der Waals surface area contributed by atoms with Gasteiger partial charge in [0.05, 0.1) is 7.11 Å². The van der Waals surface area contributed by atoms with Crippen LogP contribution >= 0.6 is 0 Å². The lowest BCUT2D eigenvalue weighted by molar-refractivity contribution is 0.150. The molecular weight excluding hydrogens is 613 g/mol. The Kier molecular flexibility index (Phi) is 12.1. The lowest BCUT2D eigenvalue weighted by atomic mass is 9.77. The highest BCUT2D eigenvalue weighted by atomic mass is 28.5. The third-order valence-corrected chi connectivity index (χ3v) is 20.0. The number of hydrogen-bond acceptors (Lipinski definition) is 6. The highest BCUT2D eigenvalue weighted by Gasteiger charge is 2.38. The smallest absolute Gasteiger partial charge is 0.493 e. The molecule has 0 atom stereocenters. The molecule has 45 heavy (non-hydrogen) atoms. The summed E-state index contributed by atoms with van der Waals surface area (Å²) in [4.78, 5) is 12.8. The monoisotopic (exact) mass is 666 g/mol. The minimum atomic E-state index is -2.18. The van der Waals surface area contributed by atoms with Crippen LogP contribution in [0, 0.1) is 13.8 Å². The lowest BCUT2D eigenvalue weighted by Crippen LogP contribution is -2.52. The van der Waals surface area contributed by atoms with Gasteiger partial charge in [0, 0.05) is 5.41 Å². The van der Waals surface area contributed by atoms with E-state index in [1.807, 2.05) is 31.2 Å². The molecule has 0 aromatic heterocycles. The Bertz CT molecular complexity index is 1460. The van der Waals surface area contributed by atoms with Gasteiger partial charge in [-0.1, -0.05) is 68.8 Å². The molecule has 0 aliphatic carbocycles. The predicted molar refractivity (Wildman–Crippen MR) is 192 cm³/mol. The molecule has 0 bridgehead atoms. The van der Waals surface area contributed by atoms with Crippen LogP contribution in [0.3, 0.4) is 0 Å². The van der Waals surface area contributed by atoms with E-state index in [2.05, 4.69) is 97.3 Å². The van der Waals surface area contributed by atoms with Crippen LogP contribution in [-0.2, 0) is 20.1 Å². The number of ether oxygens (including phenoxy) is 3. The van der Waals surface area contributed by atoms with Crippen molar-refractivity contribution in [2.24, 2.45) is 0 Å². The van der Waals surface area contributed by atoms with Crippen LogP contribution in [0.5, 0.6) is 17.2 Å². The molecule has 0 amide bonds. The van der Waals surface area contributed by atoms with Gasteiger partial charge in [-0.05, 0) is 119 Å². The van der Waals surface area contributed by atoms with E-state index in [-0.39, 0.29) is 5.41 Å². The van der Waals surface area contributed by atoms with Crippen molar-refractivity contribution in [2.45, 2.75) is 104 Å². The third kappa shape index (κ3) is 10.7. The van der Waals surface area contributed by atoms with Gasteiger partial charge in [0.2, 0.25) is 0 Å². The average molecular weight is 667 g/mol. The number of carbonyl (C=O) groups is 1. The molecule has 246 valence electrons. The summed E-state index contributed by atoms with van der Waals surface area (Å²) in [6.07, 6.45) is 1.08. The third-order valence-electron chi connectivity index (χ3n) is 8.39. The normalized spacial score (nSPS) is 12.6. The fraction of sp³-hybridized carbons (Fsp3) is 0.472. The average Bonchev–Trinajstić information content (AvgIpc) is 2.93. The molecule has 0 fully saturated rings. The molecule has 3 rings (SSSR count). The molecule has 0 spiro atoms. The molecule has 0 N–H and O–H groups in total. The fourth-order valence-electron chi connectivity index (χ4n) is 5.70. The molecule has 0 saturated carbocycles. The van der Waals surface area contributed by atoms with Crippen LogP contribution in [0.25, 0.3) is 0 Å². The van der Waals surface area contributed by atoms with Crippen molar-refractivity contribution in [3.8, 4) is 17.2 Å². The number of carbonyl (C=O) groups excluding carboxylic acids is 1. The molecule has 0 unspecified atom stereocenters. The Morgan fingerprint density at radius 3 is 2.00 bits per heavy atom. The number of aryl methyl sites for hydroxylation is 3. The molecular formula is C36H54O6Si3. The van der Waals surface area contributed by atoms with Gasteiger partial charge in [0.1, 0.15) is 5.75 Å². The maximum absolute atomic E-state index is 12.8. The van der Waals surface area contributed by atoms with Gasteiger partial charge in [-0.15, -0.1) is 0 Å². The Labute approximate surface area is 274 Å². The van der Waals surface area contributed by atoms with Crippen molar-refractivity contribution >= 4 is 31.4 Å². The van der Waals surface area contributed by atoms with Crippen LogP contribution in [0.1, 0.15) is 55.0 Å². The van der Waals surface area contributed by atoms with Crippen LogP contribution in [0.2, 0.25) is 51.4 Å². The van der Waals surface area contributed by atoms with E-state index >= 15 is 0 Å². The van der Waals surface area contributed by atoms with Gasteiger partial charge < -0.3 is 22.4 Å². The number of rotatable bonds is 14. The summed E-state index contributed by atoms with van der Waals surface area (Å²) in [5, 5.41) is 0. The molecule has 0 aliphatic heterocycles. The quantitative estimate of drug-likeness (QED) is 0.0969. The van der Waals surface area contributed by atoms with Crippen LogP contribution < -0.4 is 14.2 Å². The molecule has 9 heteroatoms. The standard InChI is InChI=1S/C36H54O6Si3/c1-13-43(7,8)41-45(11,12)42-44(9,10)23-15-17-29-19-21-33(34(26-29)38-6)40-35(37)39-32-22-20-31(25-28(32)3)36(4,5)30-18-14-16-27(2)24-30/h14,16,18-22,24-26H,13,15,17,23H2,1-12H3. The van der Waals surface area contributed by atoms with E-state index in [0.29, 0.717) is 17.2 Å². The van der Waals surface area contributed by atoms with E-state index in [1.165, 1.54) is 11.1 Å². The minimum absolute atomic E-state index is 0.199. The lowest BCUT2D eigenvalue weighted by Gasteiger charge is -2.38. The highest BCUT2D eigenvalue weighted by Crippen LogP contribution is 2.35. The van der Waals surface area contributed by atoms with Crippen LogP contribution in [0.15, 0.2) is 60.7 Å². The summed E-state index contributed by atoms with van der Waals surface area (Å²) in [6.45, 7) is 24.1. The summed E-state index contributed by atoms with van der Waals surface area (Å²) in [5.74, 6) is 1.29. The van der Waals surface area contributed by atoms with Crippen molar-refractivity contribution in [2.75, 3.05) is 7.11 Å². The maximum atomic E-state index is 12.8. The first-order valence-corrected chi connectivity index (χ1v) is 25.1. The van der Waals surface area contributed by atoms with Gasteiger partial charge >= 0.3 is 14.7 Å². The number of hydrogen-bond donors (Lipinski definition) is 0. The Morgan fingerprint density at radius 2 is 1.38 bits per heavy atom. The number of benzene rings is 3. The Morgan fingerprint density at radius 1 is 0.756 bits per heavy atom. The molecule has 3 aromatic rings. The second-order valence-electron chi connectivity index (χ2n) is 14.2. The maximum Gasteiger partial charge on any atom is 0.519 e. The first kappa shape index (κ1) is 36.8. The Hall–Kier alpha value is -2.70. The SMILES string of the molecule is CC[Si](C)(C)O[Si](C)(C)O[Si](C)(C)CCCc1ccc(OC(=O)Oc2ccc(C(C)(C)c3cccc(C)c3)cc2C)c(OC)c1. The van der Waals surface area contributed by atoms with E-state index < -0.39 is 31.4 Å². The second kappa shape index (κ2) is 14.8. The molecule has 0 saturated heterocycles. The van der Waals surface area contributed by atoms with Crippen molar-refractivity contribution in [3.05, 3.63) is 88.5 Å². The first-order chi connectivity index (χ1) is 20.9. The minimum Gasteiger partial charge on any atom is -0.493 e. The topological polar surface area (TPSA) is 63.2 Å². The number of methoxy groups -OCH3 is 1. The zero-order valence-electron chi connectivity index (χ0n) is 29.6. The van der Waals surface area contributed by atoms with Crippen molar-refractivity contribution < 1.29 is 27.2 Å². The molecule has 3 aromatic carbocycles. The highest BCUT2D eigenvalue weighted by molar-refractivity contribution is 6.87. The van der Waals surface area contributed by atoms with Gasteiger partial charge in [-0.2, -0.15) is 0 Å². The van der Waals surface area contributed by atoms with E-state index in [4.69, 9.17) is 22.4 Å². The van der Waals surface area contributed by atoms with Crippen LogP contribution in [-0.4, -0.2) is 38.5 Å². The summed E-state index contributed by atoms with van der Waals surface area (Å²) in [5.41, 5.74) is 5.38. The van der Waals surface area contributed by atoms with E-state index in [9.17, 15) is 4.79 Å². The summed E-state index contributed by atoms with van der Waals surface area (Å²) in [7, 11) is -4.17. The summed E-state index contributed by atoms with van der Waals surface area (Å²) < 4.78 is 30.0. The first-order valence-electron chi connectivity index (χ1n) is 16.0. The molecule has 0 radical (unpaired) electrons. The Balaban J connectivity index is 1.60. The predicted octanol–water partition coefficient (Wildman–Crippen LogP) is 10.3. The van der Waals surface area contributed by atoms with Gasteiger partial charge in [0.25, 0.3) is 0 Å². The van der Waals surface area contributed by atoms with Gasteiger partial charge in [0.15, 0.2) is 28.1 Å². The van der Waals surface area contributed by atoms with E-state index in [1.54, 1.807) is 13.2 Å². The van der Waals surface area contributed by atoms with E-state index in [0.717, 1.165) is 41.6 Å². The molecule has 6 nitrogen and oxygen atoms in total. The van der Waals surface area contributed by atoms with Crippen LogP contribution in [0.4, 0.5) is 4.79 Å². The van der Waals surface area contributed by atoms with Crippen molar-refractivity contribution in [1.82, 2.24) is 0 Å². The molecule has 0 aliphatic rings. The fourth-order valence-corrected chi connectivity index (χ4v) is 18.9. The van der Waals surface area contributed by atoms with Crippen molar-refractivity contribution in [3.63, 3.8) is 0 Å². The van der Waals surface area contributed by atoms with Gasteiger partial charge in [-0.3, -0.25) is 0 Å². The zero-order valence-corrected chi connectivity index (χ0v) is 32.6. The second-order valence-corrected chi connectivity index (χ2v) is 26.9. The van der Waals surface area contributed by atoms with Crippen molar-refractivity contribution in [1.29, 1.82) is 0 Å². The summed E-state index contributed by atoms with van der Waals surface area (Å²) >= 11 is 0.